The number of amidine groups is 1. The van der Waals surface area contributed by atoms with Crippen LogP contribution < -0.4 is 11.1 Å². The van der Waals surface area contributed by atoms with Gasteiger partial charge in [-0.2, -0.15) is 0 Å². The second-order valence-corrected chi connectivity index (χ2v) is 17.1. The number of nitrogens with one attached hydrogen (secondary N) is 1. The summed E-state index contributed by atoms with van der Waals surface area (Å²) in [5, 5.41) is 6.03. The molecule has 1 unspecified atom stereocenters. The van der Waals surface area contributed by atoms with E-state index >= 15 is 0 Å². The van der Waals surface area contributed by atoms with Crippen LogP contribution in [0.5, 0.6) is 0 Å². The summed E-state index contributed by atoms with van der Waals surface area (Å²) in [5.74, 6) is 0.769. The van der Waals surface area contributed by atoms with Gasteiger partial charge < -0.3 is 11.1 Å². The van der Waals surface area contributed by atoms with E-state index in [1.54, 1.807) is 0 Å². The maximum atomic E-state index is 5.28. The van der Waals surface area contributed by atoms with Crippen LogP contribution in [0.15, 0.2) is 197 Å². The fourth-order valence-electron chi connectivity index (χ4n) is 9.30. The SMILES string of the molecule is C=NC(NC(=NCc1ccccc1)c1ccc(-c2cc(C3=C(C4=CC=CCC4)CCC=C3)cc(-c3ccc(-c4nc(/C=C\C)c(C)c(C)c4C)c4ccccc34)c2)cc1)c1ccccc1.CN. The Morgan fingerprint density at radius 3 is 2.06 bits per heavy atom. The molecule has 6 aromatic carbocycles. The van der Waals surface area contributed by atoms with Gasteiger partial charge in [0.05, 0.1) is 17.9 Å². The van der Waals surface area contributed by atoms with Crippen LogP contribution in [0.3, 0.4) is 0 Å². The van der Waals surface area contributed by atoms with Gasteiger partial charge in [0, 0.05) is 11.1 Å². The van der Waals surface area contributed by atoms with Gasteiger partial charge in [0.1, 0.15) is 12.0 Å². The van der Waals surface area contributed by atoms with E-state index in [9.17, 15) is 0 Å². The van der Waals surface area contributed by atoms with Gasteiger partial charge in [-0.25, -0.2) is 4.98 Å². The molecule has 5 nitrogen and oxygen atoms in total. The van der Waals surface area contributed by atoms with Crippen LogP contribution in [0.1, 0.15) is 83.4 Å². The normalized spacial score (nSPS) is 14.2. The molecule has 2 aliphatic rings. The molecule has 67 heavy (non-hydrogen) atoms. The summed E-state index contributed by atoms with van der Waals surface area (Å²) in [6.07, 6.45) is 19.6. The molecule has 0 spiro atoms. The Kier molecular flexibility index (Phi) is 14.9. The zero-order valence-corrected chi connectivity index (χ0v) is 39.6. The van der Waals surface area contributed by atoms with E-state index in [-0.39, 0.29) is 6.17 Å². The van der Waals surface area contributed by atoms with Crippen LogP contribution in [-0.2, 0) is 6.54 Å². The van der Waals surface area contributed by atoms with Gasteiger partial charge >= 0.3 is 0 Å². The van der Waals surface area contributed by atoms with Crippen LogP contribution in [0, 0.1) is 20.8 Å². The number of hydrogen-bond acceptors (Lipinski definition) is 4. The lowest BCUT2D eigenvalue weighted by atomic mass is 9.83. The summed E-state index contributed by atoms with van der Waals surface area (Å²) in [6.45, 7) is 13.1. The summed E-state index contributed by atoms with van der Waals surface area (Å²) in [5.41, 5.74) is 24.7. The topological polar surface area (TPSA) is 75.7 Å². The molecule has 9 rings (SSSR count). The summed E-state index contributed by atoms with van der Waals surface area (Å²) in [4.78, 5) is 14.9. The van der Waals surface area contributed by atoms with E-state index in [4.69, 9.17) is 9.98 Å². The maximum absolute atomic E-state index is 5.28. The number of fused-ring (bicyclic) bond motifs is 1. The molecule has 2 aliphatic carbocycles. The lowest BCUT2D eigenvalue weighted by molar-refractivity contribution is 0.686. The maximum Gasteiger partial charge on any atom is 0.145 e. The minimum atomic E-state index is -0.350. The van der Waals surface area contributed by atoms with Gasteiger partial charge in [-0.05, 0) is 175 Å². The number of hydrogen-bond donors (Lipinski definition) is 2. The average molecular weight is 876 g/mol. The van der Waals surface area contributed by atoms with Crippen LogP contribution in [-0.4, -0.2) is 24.6 Å². The van der Waals surface area contributed by atoms with Crippen LogP contribution in [0.2, 0.25) is 0 Å². The zero-order valence-electron chi connectivity index (χ0n) is 39.6. The first kappa shape index (κ1) is 46.1. The van der Waals surface area contributed by atoms with Crippen molar-refractivity contribution in [2.75, 3.05) is 7.05 Å². The highest BCUT2D eigenvalue weighted by molar-refractivity contribution is 6.06. The van der Waals surface area contributed by atoms with Crippen molar-refractivity contribution in [1.29, 1.82) is 0 Å². The molecular formula is C62H61N5. The predicted octanol–water partition coefficient (Wildman–Crippen LogP) is 15.1. The van der Waals surface area contributed by atoms with E-state index in [1.165, 1.54) is 67.9 Å². The molecule has 0 saturated carbocycles. The van der Waals surface area contributed by atoms with Crippen molar-refractivity contribution in [3.63, 3.8) is 0 Å². The Morgan fingerprint density at radius 2 is 1.36 bits per heavy atom. The summed E-state index contributed by atoms with van der Waals surface area (Å²) in [6, 6.07) is 50.0. The lowest BCUT2D eigenvalue weighted by Crippen LogP contribution is -2.28. The number of nitrogens with zero attached hydrogens (tertiary/aromatic N) is 3. The summed E-state index contributed by atoms with van der Waals surface area (Å²) >= 11 is 0. The van der Waals surface area contributed by atoms with E-state index in [2.05, 4.69) is 208 Å². The van der Waals surface area contributed by atoms with Gasteiger partial charge in [0.25, 0.3) is 0 Å². The Morgan fingerprint density at radius 1 is 0.701 bits per heavy atom. The average Bonchev–Trinajstić information content (AvgIpc) is 3.40. The first-order valence-electron chi connectivity index (χ1n) is 23.5. The fourth-order valence-corrected chi connectivity index (χ4v) is 9.30. The number of aromatic nitrogens is 1. The number of pyridine rings is 1. The number of allylic oxidation sites excluding steroid dienone is 9. The third-order valence-electron chi connectivity index (χ3n) is 13.1. The number of benzene rings is 6. The van der Waals surface area contributed by atoms with Gasteiger partial charge in [0.2, 0.25) is 0 Å². The second-order valence-electron chi connectivity index (χ2n) is 17.1. The molecule has 7 aromatic rings. The Labute approximate surface area is 397 Å². The van der Waals surface area contributed by atoms with Crippen molar-refractivity contribution < 1.29 is 0 Å². The number of nitrogens with two attached hydrogens (primary N) is 1. The highest BCUT2D eigenvalue weighted by Gasteiger charge is 2.20. The minimum Gasteiger partial charge on any atom is -0.345 e. The number of rotatable bonds is 12. The standard InChI is InChI=1S/C61H56N4.CH5N/c1-6-20-58-42(3)41(2)43(4)59(64-58)57-36-35-54(55-29-18-19-30-56(55)57)51-38-49(37-50(39-51)53-28-17-16-27-52(53)46-23-12-8-13-24-46)45-31-33-48(34-32-45)61(63-40-44-21-10-7-11-22-44)65-60(62-5)47-25-14-9-15-26-47;1-2/h6-12,14-15,17-23,25-26,28-39,60H,5,13,16,24,27,40H2,1-4H3,(H,63,65);2H2,1H3/b20-6-;. The molecule has 3 N–H and O–H groups in total. The fraction of sp³-hybridized carbons (Fsp3) is 0.177. The van der Waals surface area contributed by atoms with Crippen LogP contribution in [0.25, 0.3) is 55.9 Å². The smallest absolute Gasteiger partial charge is 0.145 e. The van der Waals surface area contributed by atoms with Crippen molar-refractivity contribution in [1.82, 2.24) is 10.3 Å². The van der Waals surface area contributed by atoms with Crippen molar-refractivity contribution in [3.8, 4) is 33.5 Å². The molecule has 334 valence electrons. The van der Waals surface area contributed by atoms with E-state index in [1.807, 2.05) is 24.3 Å². The van der Waals surface area contributed by atoms with Crippen molar-refractivity contribution in [2.45, 2.75) is 66.1 Å². The molecule has 0 amide bonds. The van der Waals surface area contributed by atoms with E-state index in [0.717, 1.165) is 76.3 Å². The second kappa shape index (κ2) is 21.7. The minimum absolute atomic E-state index is 0.350. The monoisotopic (exact) mass is 875 g/mol. The Balaban J connectivity index is 0.00000300. The molecule has 5 heteroatoms. The third kappa shape index (κ3) is 10.2. The van der Waals surface area contributed by atoms with Gasteiger partial charge in [-0.3, -0.25) is 9.98 Å². The predicted molar refractivity (Wildman–Crippen MR) is 287 cm³/mol. The van der Waals surface area contributed by atoms with E-state index in [0.29, 0.717) is 6.54 Å². The third-order valence-corrected chi connectivity index (χ3v) is 13.1. The highest BCUT2D eigenvalue weighted by atomic mass is 15.1. The molecule has 0 bridgehead atoms. The van der Waals surface area contributed by atoms with Crippen molar-refractivity contribution >= 4 is 35.0 Å². The molecule has 1 aromatic heterocycles. The van der Waals surface area contributed by atoms with E-state index < -0.39 is 0 Å². The van der Waals surface area contributed by atoms with Crippen molar-refractivity contribution in [3.05, 3.63) is 232 Å². The molecule has 0 radical (unpaired) electrons. The van der Waals surface area contributed by atoms with Gasteiger partial charge in [-0.1, -0.05) is 158 Å². The summed E-state index contributed by atoms with van der Waals surface area (Å²) < 4.78 is 0. The summed E-state index contributed by atoms with van der Waals surface area (Å²) in [7, 11) is 1.50. The molecule has 1 heterocycles. The van der Waals surface area contributed by atoms with Crippen molar-refractivity contribution in [2.24, 2.45) is 15.7 Å². The Hall–Kier alpha value is -7.47. The van der Waals surface area contributed by atoms with Gasteiger partial charge in [0.15, 0.2) is 0 Å². The lowest BCUT2D eigenvalue weighted by Gasteiger charge is -2.22. The Bertz CT molecular complexity index is 3070. The van der Waals surface area contributed by atoms with Crippen LogP contribution in [0.4, 0.5) is 0 Å². The first-order chi connectivity index (χ1) is 32.9. The number of aliphatic imine (C=N–C) groups is 2. The van der Waals surface area contributed by atoms with Gasteiger partial charge in [-0.15, -0.1) is 0 Å². The quantitative estimate of drug-likeness (QED) is 0.0948. The zero-order chi connectivity index (χ0) is 46.7. The molecule has 0 saturated heterocycles. The molecule has 0 aliphatic heterocycles. The molecular weight excluding hydrogens is 815 g/mol. The largest absolute Gasteiger partial charge is 0.345 e. The molecule has 1 atom stereocenters. The molecule has 0 fully saturated rings. The van der Waals surface area contributed by atoms with Crippen LogP contribution >= 0.6 is 0 Å². The first-order valence-corrected chi connectivity index (χ1v) is 23.5. The highest BCUT2D eigenvalue weighted by Crippen LogP contribution is 2.42.